The van der Waals surface area contributed by atoms with Crippen LogP contribution in [0.1, 0.15) is 33.7 Å². The first kappa shape index (κ1) is 16.9. The summed E-state index contributed by atoms with van der Waals surface area (Å²) in [5.74, 6) is -0.669. The summed E-state index contributed by atoms with van der Waals surface area (Å²) >= 11 is 7.00. The van der Waals surface area contributed by atoms with Gasteiger partial charge in [0.2, 0.25) is 0 Å². The molecule has 1 N–H and O–H groups in total. The highest BCUT2D eigenvalue weighted by molar-refractivity contribution is 7.90. The van der Waals surface area contributed by atoms with Gasteiger partial charge in [0.05, 0.1) is 15.6 Å². The molecule has 8 heteroatoms. The highest BCUT2D eigenvalue weighted by atomic mass is 35.5. The van der Waals surface area contributed by atoms with Crippen LogP contribution in [-0.4, -0.2) is 19.3 Å². The van der Waals surface area contributed by atoms with Gasteiger partial charge in [-0.15, -0.1) is 11.3 Å². The largest absolute Gasteiger partial charge is 0.276 e. The molecule has 2 rings (SSSR count). The number of hydrogen-bond donors (Lipinski definition) is 1. The average Bonchev–Trinajstić information content (AvgIpc) is 2.80. The highest BCUT2D eigenvalue weighted by Gasteiger charge is 2.22. The molecule has 0 saturated carbocycles. The quantitative estimate of drug-likeness (QED) is 0.890. The van der Waals surface area contributed by atoms with Crippen molar-refractivity contribution in [1.82, 2.24) is 9.71 Å². The fourth-order valence-electron chi connectivity index (χ4n) is 1.85. The SMILES string of the molecule is CCCc1nc(C)c(C(=O)NS(=O)(=O)c2cccc(Cl)c2)s1. The zero-order valence-electron chi connectivity index (χ0n) is 12.1. The molecule has 0 radical (unpaired) electrons. The van der Waals surface area contributed by atoms with Crippen molar-refractivity contribution in [2.75, 3.05) is 0 Å². The van der Waals surface area contributed by atoms with Crippen molar-refractivity contribution in [2.24, 2.45) is 0 Å². The third-order valence-electron chi connectivity index (χ3n) is 2.84. The van der Waals surface area contributed by atoms with E-state index in [1.54, 1.807) is 13.0 Å². The first-order valence-electron chi connectivity index (χ1n) is 6.62. The lowest BCUT2D eigenvalue weighted by Gasteiger charge is -2.06. The Kier molecular flexibility index (Phi) is 5.20. The van der Waals surface area contributed by atoms with E-state index in [0.29, 0.717) is 10.6 Å². The van der Waals surface area contributed by atoms with Crippen molar-refractivity contribution >= 4 is 38.9 Å². The molecular formula is C14H15ClN2O3S2. The lowest BCUT2D eigenvalue weighted by atomic mass is 10.3. The lowest BCUT2D eigenvalue weighted by Crippen LogP contribution is -2.30. The summed E-state index contributed by atoms with van der Waals surface area (Å²) in [7, 11) is -3.96. The van der Waals surface area contributed by atoms with E-state index < -0.39 is 15.9 Å². The van der Waals surface area contributed by atoms with Crippen molar-refractivity contribution in [3.8, 4) is 0 Å². The third-order valence-corrected chi connectivity index (χ3v) is 5.62. The molecule has 22 heavy (non-hydrogen) atoms. The molecule has 1 aromatic heterocycles. The van der Waals surface area contributed by atoms with Gasteiger partial charge in [0.25, 0.3) is 15.9 Å². The fourth-order valence-corrected chi connectivity index (χ4v) is 4.23. The van der Waals surface area contributed by atoms with E-state index in [1.165, 1.54) is 29.5 Å². The zero-order chi connectivity index (χ0) is 16.3. The number of aromatic nitrogens is 1. The van der Waals surface area contributed by atoms with Gasteiger partial charge < -0.3 is 0 Å². The van der Waals surface area contributed by atoms with Crippen molar-refractivity contribution in [3.63, 3.8) is 0 Å². The normalized spacial score (nSPS) is 11.4. The van der Waals surface area contributed by atoms with Crippen molar-refractivity contribution < 1.29 is 13.2 Å². The Bertz CT molecular complexity index is 800. The van der Waals surface area contributed by atoms with Gasteiger partial charge in [-0.2, -0.15) is 0 Å². The number of amides is 1. The van der Waals surface area contributed by atoms with E-state index in [0.717, 1.165) is 17.8 Å². The van der Waals surface area contributed by atoms with Gasteiger partial charge in [0.15, 0.2) is 0 Å². The number of carbonyl (C=O) groups is 1. The second-order valence-corrected chi connectivity index (χ2v) is 7.87. The van der Waals surface area contributed by atoms with E-state index in [1.807, 2.05) is 6.92 Å². The van der Waals surface area contributed by atoms with Crippen LogP contribution in [-0.2, 0) is 16.4 Å². The Morgan fingerprint density at radius 1 is 1.41 bits per heavy atom. The van der Waals surface area contributed by atoms with Crippen LogP contribution in [0.2, 0.25) is 5.02 Å². The van der Waals surface area contributed by atoms with Crippen LogP contribution in [0, 0.1) is 6.92 Å². The lowest BCUT2D eigenvalue weighted by molar-refractivity contribution is 0.0984. The minimum absolute atomic E-state index is 0.0516. The predicted molar refractivity (Wildman–Crippen MR) is 87.0 cm³/mol. The van der Waals surface area contributed by atoms with E-state index in [4.69, 9.17) is 11.6 Å². The van der Waals surface area contributed by atoms with Gasteiger partial charge >= 0.3 is 0 Å². The molecule has 0 atom stereocenters. The maximum absolute atomic E-state index is 12.2. The molecule has 0 saturated heterocycles. The van der Waals surface area contributed by atoms with Gasteiger partial charge in [0.1, 0.15) is 4.88 Å². The van der Waals surface area contributed by atoms with Crippen LogP contribution in [0.4, 0.5) is 0 Å². The summed E-state index contributed by atoms with van der Waals surface area (Å²) in [5.41, 5.74) is 0.534. The molecule has 118 valence electrons. The van der Waals surface area contributed by atoms with Crippen LogP contribution in [0.5, 0.6) is 0 Å². The van der Waals surface area contributed by atoms with E-state index in [2.05, 4.69) is 9.71 Å². The topological polar surface area (TPSA) is 76.1 Å². The van der Waals surface area contributed by atoms with E-state index in [-0.39, 0.29) is 9.92 Å². The summed E-state index contributed by atoms with van der Waals surface area (Å²) in [6, 6.07) is 5.74. The smallest absolute Gasteiger partial charge is 0.267 e. The number of nitrogens with zero attached hydrogens (tertiary/aromatic N) is 1. The van der Waals surface area contributed by atoms with Crippen molar-refractivity contribution in [1.29, 1.82) is 0 Å². The predicted octanol–water partition coefficient (Wildman–Crippen LogP) is 3.18. The van der Waals surface area contributed by atoms with Gasteiger partial charge in [-0.05, 0) is 38.0 Å². The molecule has 1 amide bonds. The number of halogens is 1. The molecule has 0 fully saturated rings. The van der Waals surface area contributed by atoms with Crippen LogP contribution in [0.3, 0.4) is 0 Å². The van der Waals surface area contributed by atoms with Gasteiger partial charge in [-0.1, -0.05) is 24.6 Å². The molecule has 0 aliphatic rings. The molecule has 0 aliphatic heterocycles. The van der Waals surface area contributed by atoms with Crippen LogP contribution >= 0.6 is 22.9 Å². The van der Waals surface area contributed by atoms with Gasteiger partial charge in [-0.25, -0.2) is 18.1 Å². The summed E-state index contributed by atoms with van der Waals surface area (Å²) in [5, 5.41) is 1.11. The maximum atomic E-state index is 12.2. The number of benzene rings is 1. The van der Waals surface area contributed by atoms with Crippen molar-refractivity contribution in [3.05, 3.63) is 44.9 Å². The molecule has 0 unspecified atom stereocenters. The first-order chi connectivity index (χ1) is 10.3. The van der Waals surface area contributed by atoms with Gasteiger partial charge in [-0.3, -0.25) is 4.79 Å². The molecule has 1 aromatic carbocycles. The number of nitrogens with one attached hydrogen (secondary N) is 1. The second-order valence-electron chi connectivity index (χ2n) is 4.66. The average molecular weight is 359 g/mol. The first-order valence-corrected chi connectivity index (χ1v) is 9.30. The number of aryl methyl sites for hydroxylation is 2. The Morgan fingerprint density at radius 3 is 2.77 bits per heavy atom. The van der Waals surface area contributed by atoms with E-state index in [9.17, 15) is 13.2 Å². The zero-order valence-corrected chi connectivity index (χ0v) is 14.5. The van der Waals surface area contributed by atoms with Gasteiger partial charge in [0, 0.05) is 5.02 Å². The Morgan fingerprint density at radius 2 is 2.14 bits per heavy atom. The summed E-state index contributed by atoms with van der Waals surface area (Å²) in [6.07, 6.45) is 1.68. The van der Waals surface area contributed by atoms with Crippen molar-refractivity contribution in [2.45, 2.75) is 31.6 Å². The standard InChI is InChI=1S/C14H15ClN2O3S2/c1-3-5-12-16-9(2)13(21-12)14(18)17-22(19,20)11-7-4-6-10(15)8-11/h4,6-8H,3,5H2,1-2H3,(H,17,18). The minimum atomic E-state index is -3.96. The third kappa shape index (κ3) is 3.85. The molecular weight excluding hydrogens is 344 g/mol. The number of carbonyl (C=O) groups excluding carboxylic acids is 1. The minimum Gasteiger partial charge on any atom is -0.267 e. The molecule has 1 heterocycles. The number of thiazole rings is 1. The molecule has 0 spiro atoms. The summed E-state index contributed by atoms with van der Waals surface area (Å²) in [4.78, 5) is 16.7. The maximum Gasteiger partial charge on any atom is 0.276 e. The molecule has 0 bridgehead atoms. The second kappa shape index (κ2) is 6.76. The highest BCUT2D eigenvalue weighted by Crippen LogP contribution is 2.21. The number of hydrogen-bond acceptors (Lipinski definition) is 5. The Balaban J connectivity index is 2.24. The van der Waals surface area contributed by atoms with Crippen LogP contribution in [0.25, 0.3) is 0 Å². The molecule has 5 nitrogen and oxygen atoms in total. The Labute approximate surface area is 138 Å². The monoisotopic (exact) mass is 358 g/mol. The fraction of sp³-hybridized carbons (Fsp3) is 0.286. The Hall–Kier alpha value is -1.44. The number of sulfonamides is 1. The summed E-state index contributed by atoms with van der Waals surface area (Å²) in [6.45, 7) is 3.71. The van der Waals surface area contributed by atoms with Crippen LogP contribution < -0.4 is 4.72 Å². The van der Waals surface area contributed by atoms with E-state index >= 15 is 0 Å². The number of rotatable bonds is 5. The summed E-state index contributed by atoms with van der Waals surface area (Å²) < 4.78 is 26.5. The van der Waals surface area contributed by atoms with Crippen LogP contribution in [0.15, 0.2) is 29.2 Å². The molecule has 0 aliphatic carbocycles. The molecule has 2 aromatic rings.